The molecule has 0 saturated carbocycles. The summed E-state index contributed by atoms with van der Waals surface area (Å²) >= 11 is 0. The second kappa shape index (κ2) is 5.15. The Morgan fingerprint density at radius 1 is 1.37 bits per heavy atom. The number of aryl methyl sites for hydroxylation is 1. The molecule has 2 N–H and O–H groups in total. The van der Waals surface area contributed by atoms with Gasteiger partial charge in [-0.2, -0.15) is 0 Å². The average Bonchev–Trinajstić information content (AvgIpc) is 2.85. The number of hydrogen-bond donors (Lipinski definition) is 2. The maximum Gasteiger partial charge on any atom is 0.219 e. The third-order valence-electron chi connectivity index (χ3n) is 3.83. The topological polar surface area (TPSA) is 46.5 Å². The third kappa shape index (κ3) is 2.41. The first kappa shape index (κ1) is 12.4. The molecule has 0 spiro atoms. The Kier molecular flexibility index (Phi) is 3.36. The molecule has 100 valence electrons. The zero-order chi connectivity index (χ0) is 13.2. The van der Waals surface area contributed by atoms with Gasteiger partial charge in [-0.1, -0.05) is 12.1 Å². The van der Waals surface area contributed by atoms with E-state index < -0.39 is 0 Å². The Hall–Kier alpha value is -1.65. The van der Waals surface area contributed by atoms with Gasteiger partial charge in [0.15, 0.2) is 0 Å². The van der Waals surface area contributed by atoms with E-state index in [0.717, 1.165) is 48.3 Å². The van der Waals surface area contributed by atoms with Crippen LogP contribution in [0.25, 0.3) is 10.9 Å². The van der Waals surface area contributed by atoms with E-state index in [9.17, 15) is 4.79 Å². The summed E-state index contributed by atoms with van der Waals surface area (Å²) in [7, 11) is 0. The lowest BCUT2D eigenvalue weighted by molar-refractivity contribution is -0.899. The van der Waals surface area contributed by atoms with E-state index in [1.807, 2.05) is 18.3 Å². The van der Waals surface area contributed by atoms with E-state index >= 15 is 0 Å². The van der Waals surface area contributed by atoms with Crippen LogP contribution in [0.1, 0.15) is 15.9 Å². The van der Waals surface area contributed by atoms with Gasteiger partial charge in [0.1, 0.15) is 19.6 Å². The number of ketones is 1. The summed E-state index contributed by atoms with van der Waals surface area (Å²) in [5, 5.41) is 1.07. The van der Waals surface area contributed by atoms with Gasteiger partial charge in [0.05, 0.1) is 13.2 Å². The van der Waals surface area contributed by atoms with Gasteiger partial charge in [-0.25, -0.2) is 0 Å². The van der Waals surface area contributed by atoms with Gasteiger partial charge in [-0.15, -0.1) is 0 Å². The van der Waals surface area contributed by atoms with Gasteiger partial charge >= 0.3 is 0 Å². The normalized spacial score (nSPS) is 16.9. The molecule has 1 aliphatic rings. The zero-order valence-electron chi connectivity index (χ0n) is 11.2. The largest absolute Gasteiger partial charge is 0.370 e. The summed E-state index contributed by atoms with van der Waals surface area (Å²) in [5.74, 6) is 0.220. The predicted molar refractivity (Wildman–Crippen MR) is 73.7 cm³/mol. The lowest BCUT2D eigenvalue weighted by Gasteiger charge is -2.22. The maximum atomic E-state index is 12.5. The van der Waals surface area contributed by atoms with Crippen LogP contribution in [-0.4, -0.2) is 43.6 Å². The molecule has 1 fully saturated rings. The molecule has 0 bridgehead atoms. The Morgan fingerprint density at radius 3 is 2.95 bits per heavy atom. The Bertz CT molecular complexity index is 597. The number of morpholine rings is 1. The second-order valence-corrected chi connectivity index (χ2v) is 5.16. The lowest BCUT2D eigenvalue weighted by Crippen LogP contribution is -3.14. The molecule has 3 rings (SSSR count). The third-order valence-corrected chi connectivity index (χ3v) is 3.83. The first-order chi connectivity index (χ1) is 9.25. The molecule has 2 aromatic rings. The predicted octanol–water partition coefficient (Wildman–Crippen LogP) is 0.574. The number of quaternary nitrogens is 1. The van der Waals surface area contributed by atoms with Crippen molar-refractivity contribution in [2.24, 2.45) is 0 Å². The van der Waals surface area contributed by atoms with Crippen molar-refractivity contribution in [3.63, 3.8) is 0 Å². The fourth-order valence-electron chi connectivity index (χ4n) is 2.75. The fraction of sp³-hybridized carbons (Fsp3) is 0.400. The highest BCUT2D eigenvalue weighted by atomic mass is 16.5. The molecule has 2 heterocycles. The number of carbonyl (C=O) groups is 1. The summed E-state index contributed by atoms with van der Waals surface area (Å²) in [6.45, 7) is 5.98. The average molecular weight is 259 g/mol. The maximum absolute atomic E-state index is 12.5. The number of nitrogens with one attached hydrogen (secondary N) is 2. The fourth-order valence-corrected chi connectivity index (χ4v) is 2.75. The van der Waals surface area contributed by atoms with Crippen LogP contribution in [0, 0.1) is 6.92 Å². The van der Waals surface area contributed by atoms with Crippen LogP contribution in [0.2, 0.25) is 0 Å². The van der Waals surface area contributed by atoms with Gasteiger partial charge < -0.3 is 14.6 Å². The number of hydrogen-bond acceptors (Lipinski definition) is 2. The van der Waals surface area contributed by atoms with Crippen LogP contribution in [0.5, 0.6) is 0 Å². The first-order valence-corrected chi connectivity index (χ1v) is 6.77. The van der Waals surface area contributed by atoms with Crippen molar-refractivity contribution in [1.82, 2.24) is 4.98 Å². The Balaban J connectivity index is 1.85. The summed E-state index contributed by atoms with van der Waals surface area (Å²) in [6.07, 6.45) is 1.85. The molecule has 0 amide bonds. The monoisotopic (exact) mass is 259 g/mol. The minimum Gasteiger partial charge on any atom is -0.370 e. The van der Waals surface area contributed by atoms with Crippen molar-refractivity contribution in [2.45, 2.75) is 6.92 Å². The van der Waals surface area contributed by atoms with Crippen molar-refractivity contribution in [1.29, 1.82) is 0 Å². The molecule has 0 radical (unpaired) electrons. The van der Waals surface area contributed by atoms with Gasteiger partial charge in [0.2, 0.25) is 5.78 Å². The van der Waals surface area contributed by atoms with Gasteiger partial charge in [0, 0.05) is 22.7 Å². The van der Waals surface area contributed by atoms with Gasteiger partial charge in [-0.3, -0.25) is 4.79 Å². The van der Waals surface area contributed by atoms with Crippen molar-refractivity contribution >= 4 is 16.7 Å². The number of aromatic nitrogens is 1. The summed E-state index contributed by atoms with van der Waals surface area (Å²) in [6, 6.07) is 6.07. The quantitative estimate of drug-likeness (QED) is 0.792. The number of benzene rings is 1. The van der Waals surface area contributed by atoms with E-state index in [-0.39, 0.29) is 5.78 Å². The van der Waals surface area contributed by atoms with Crippen molar-refractivity contribution in [3.05, 3.63) is 35.5 Å². The van der Waals surface area contributed by atoms with Crippen LogP contribution < -0.4 is 4.90 Å². The van der Waals surface area contributed by atoms with E-state index in [4.69, 9.17) is 4.74 Å². The smallest absolute Gasteiger partial charge is 0.219 e. The van der Waals surface area contributed by atoms with Crippen molar-refractivity contribution in [3.8, 4) is 0 Å². The van der Waals surface area contributed by atoms with E-state index in [1.165, 1.54) is 4.90 Å². The molecule has 0 aliphatic carbocycles. The minimum atomic E-state index is 0.220. The first-order valence-electron chi connectivity index (χ1n) is 6.77. The SMILES string of the molecule is Cc1cccc2[nH]cc(C(=O)C[NH+]3CCOCC3)c12. The number of Topliss-reactive ketones (excluding diaryl/α,β-unsaturated/α-hetero) is 1. The van der Waals surface area contributed by atoms with Gasteiger partial charge in [0.25, 0.3) is 0 Å². The molecular weight excluding hydrogens is 240 g/mol. The number of H-pyrrole nitrogens is 1. The minimum absolute atomic E-state index is 0.220. The Morgan fingerprint density at radius 2 is 2.16 bits per heavy atom. The van der Waals surface area contributed by atoms with Crippen LogP contribution >= 0.6 is 0 Å². The van der Waals surface area contributed by atoms with Crippen molar-refractivity contribution < 1.29 is 14.4 Å². The highest BCUT2D eigenvalue weighted by molar-refractivity contribution is 6.09. The molecule has 1 aliphatic heterocycles. The highest BCUT2D eigenvalue weighted by Crippen LogP contribution is 2.22. The zero-order valence-corrected chi connectivity index (χ0v) is 11.2. The summed E-state index contributed by atoms with van der Waals surface area (Å²) in [5.41, 5.74) is 3.02. The van der Waals surface area contributed by atoms with Crippen molar-refractivity contribution in [2.75, 3.05) is 32.8 Å². The number of fused-ring (bicyclic) bond motifs is 1. The molecule has 4 heteroatoms. The molecule has 0 unspecified atom stereocenters. The molecule has 4 nitrogen and oxygen atoms in total. The highest BCUT2D eigenvalue weighted by Gasteiger charge is 2.21. The summed E-state index contributed by atoms with van der Waals surface area (Å²) < 4.78 is 5.32. The number of aromatic amines is 1. The van der Waals surface area contributed by atoms with Crippen LogP contribution in [-0.2, 0) is 4.74 Å². The molecule has 19 heavy (non-hydrogen) atoms. The van der Waals surface area contributed by atoms with Crippen LogP contribution in [0.3, 0.4) is 0 Å². The molecular formula is C15H19N2O2+. The standard InChI is InChI=1S/C15H18N2O2/c1-11-3-2-4-13-15(11)12(9-16-13)14(18)10-17-5-7-19-8-6-17/h2-4,9,16H,5-8,10H2,1H3/p+1. The summed E-state index contributed by atoms with van der Waals surface area (Å²) in [4.78, 5) is 17.0. The van der Waals surface area contributed by atoms with Gasteiger partial charge in [-0.05, 0) is 18.6 Å². The second-order valence-electron chi connectivity index (χ2n) is 5.16. The van der Waals surface area contributed by atoms with E-state index in [1.54, 1.807) is 0 Å². The van der Waals surface area contributed by atoms with Crippen LogP contribution in [0.15, 0.2) is 24.4 Å². The van der Waals surface area contributed by atoms with Crippen LogP contribution in [0.4, 0.5) is 0 Å². The number of rotatable bonds is 3. The Labute approximate surface area is 112 Å². The molecule has 1 aromatic heterocycles. The van der Waals surface area contributed by atoms with E-state index in [0.29, 0.717) is 6.54 Å². The molecule has 1 aromatic carbocycles. The lowest BCUT2D eigenvalue weighted by atomic mass is 10.0. The molecule has 1 saturated heterocycles. The number of ether oxygens (including phenoxy) is 1. The van der Waals surface area contributed by atoms with E-state index in [2.05, 4.69) is 18.0 Å². The number of carbonyl (C=O) groups excluding carboxylic acids is 1. The molecule has 0 atom stereocenters.